The lowest BCUT2D eigenvalue weighted by atomic mass is 10.1. The molecule has 3 aromatic rings. The van der Waals surface area contributed by atoms with Crippen molar-refractivity contribution in [3.8, 4) is 5.82 Å². The van der Waals surface area contributed by atoms with Crippen LogP contribution >= 0.6 is 0 Å². The van der Waals surface area contributed by atoms with Gasteiger partial charge in [-0.05, 0) is 39.8 Å². The average Bonchev–Trinajstić information content (AvgIpc) is 3.16. The Morgan fingerprint density at radius 1 is 1.15 bits per heavy atom. The molecule has 7 nitrogen and oxygen atoms in total. The van der Waals surface area contributed by atoms with Gasteiger partial charge in [-0.2, -0.15) is 9.78 Å². The predicted molar refractivity (Wildman–Crippen MR) is 103 cm³/mol. The van der Waals surface area contributed by atoms with E-state index >= 15 is 0 Å². The van der Waals surface area contributed by atoms with E-state index in [0.29, 0.717) is 12.0 Å². The molecule has 3 heterocycles. The summed E-state index contributed by atoms with van der Waals surface area (Å²) in [4.78, 5) is 21.1. The van der Waals surface area contributed by atoms with Crippen LogP contribution in [-0.2, 0) is 6.42 Å². The third-order valence-electron chi connectivity index (χ3n) is 4.65. The predicted octanol–water partition coefficient (Wildman–Crippen LogP) is 3.61. The van der Waals surface area contributed by atoms with Gasteiger partial charge in [0.1, 0.15) is 5.82 Å². The van der Waals surface area contributed by atoms with E-state index in [1.807, 2.05) is 41.4 Å². The first-order valence-corrected chi connectivity index (χ1v) is 9.23. The van der Waals surface area contributed by atoms with E-state index < -0.39 is 0 Å². The quantitative estimate of drug-likeness (QED) is 0.623. The van der Waals surface area contributed by atoms with Gasteiger partial charge in [0.25, 0.3) is 0 Å². The summed E-state index contributed by atoms with van der Waals surface area (Å²) in [6.07, 6.45) is 2.38. The van der Waals surface area contributed by atoms with Crippen LogP contribution in [0.25, 0.3) is 5.82 Å². The van der Waals surface area contributed by atoms with E-state index in [1.165, 1.54) is 0 Å². The maximum absolute atomic E-state index is 11.9. The van der Waals surface area contributed by atoms with Crippen molar-refractivity contribution in [1.29, 1.82) is 0 Å². The Morgan fingerprint density at radius 2 is 1.89 bits per heavy atom. The summed E-state index contributed by atoms with van der Waals surface area (Å²) in [6, 6.07) is 5.77. The van der Waals surface area contributed by atoms with Gasteiger partial charge >= 0.3 is 0 Å². The van der Waals surface area contributed by atoms with E-state index in [2.05, 4.69) is 36.0 Å². The molecule has 3 aromatic heterocycles. The highest BCUT2D eigenvalue weighted by molar-refractivity contribution is 5.96. The van der Waals surface area contributed by atoms with Gasteiger partial charge < -0.3 is 0 Å². The van der Waals surface area contributed by atoms with Gasteiger partial charge in [-0.1, -0.05) is 19.9 Å². The fourth-order valence-electron chi connectivity index (χ4n) is 3.35. The molecule has 0 aromatic carbocycles. The van der Waals surface area contributed by atoms with Crippen molar-refractivity contribution in [2.24, 2.45) is 0 Å². The lowest BCUT2D eigenvalue weighted by Crippen LogP contribution is -2.15. The molecule has 0 aliphatic rings. The van der Waals surface area contributed by atoms with Gasteiger partial charge in [0.2, 0.25) is 0 Å². The maximum atomic E-state index is 11.9. The molecule has 142 valence electrons. The van der Waals surface area contributed by atoms with Crippen LogP contribution in [0, 0.1) is 13.8 Å². The minimum Gasteiger partial charge on any atom is -0.294 e. The molecule has 3 rings (SSSR count). The first-order valence-electron chi connectivity index (χ1n) is 9.23. The highest BCUT2D eigenvalue weighted by Gasteiger charge is 2.22. The molecule has 27 heavy (non-hydrogen) atoms. The Kier molecular flexibility index (Phi) is 5.21. The SMILES string of the molecule is CC(=O)c1c(C)nn(C(C)Cc2nc(C(C)C)nn2-c2ccccn2)c1C. The fraction of sp³-hybridized carbons (Fsp3) is 0.450. The Hall–Kier alpha value is -2.83. The topological polar surface area (TPSA) is 78.5 Å². The van der Waals surface area contributed by atoms with Gasteiger partial charge in [0.15, 0.2) is 17.4 Å². The van der Waals surface area contributed by atoms with E-state index in [-0.39, 0.29) is 17.7 Å². The van der Waals surface area contributed by atoms with Crippen molar-refractivity contribution in [2.45, 2.75) is 59.9 Å². The lowest BCUT2D eigenvalue weighted by molar-refractivity contribution is 0.101. The van der Waals surface area contributed by atoms with E-state index in [1.54, 1.807) is 13.1 Å². The minimum atomic E-state index is 0.0310. The third-order valence-corrected chi connectivity index (χ3v) is 4.65. The van der Waals surface area contributed by atoms with E-state index in [0.717, 1.165) is 28.9 Å². The summed E-state index contributed by atoms with van der Waals surface area (Å²) in [7, 11) is 0. The van der Waals surface area contributed by atoms with Crippen LogP contribution in [0.1, 0.15) is 73.0 Å². The van der Waals surface area contributed by atoms with Gasteiger partial charge in [-0.15, -0.1) is 5.10 Å². The van der Waals surface area contributed by atoms with E-state index in [4.69, 9.17) is 4.98 Å². The third kappa shape index (κ3) is 3.67. The lowest BCUT2D eigenvalue weighted by Gasteiger charge is -2.14. The van der Waals surface area contributed by atoms with Gasteiger partial charge in [0, 0.05) is 24.2 Å². The molecular formula is C20H26N6O. The average molecular weight is 366 g/mol. The molecule has 0 aliphatic carbocycles. The standard InChI is InChI=1S/C20H26N6O/c1-12(2)20-22-18(26(24-20)17-9-7-8-10-21-17)11-13(3)25-15(5)19(16(6)27)14(4)23-25/h7-10,12-13H,11H2,1-6H3. The zero-order chi connectivity index (χ0) is 19.7. The van der Waals surface area contributed by atoms with Gasteiger partial charge in [-0.25, -0.2) is 9.97 Å². The molecule has 0 amide bonds. The monoisotopic (exact) mass is 366 g/mol. The Balaban J connectivity index is 1.98. The summed E-state index contributed by atoms with van der Waals surface area (Å²) in [6.45, 7) is 11.6. The molecule has 1 unspecified atom stereocenters. The highest BCUT2D eigenvalue weighted by Crippen LogP contribution is 2.22. The Bertz CT molecular complexity index is 955. The summed E-state index contributed by atoms with van der Waals surface area (Å²) in [5.41, 5.74) is 2.36. The summed E-state index contributed by atoms with van der Waals surface area (Å²) >= 11 is 0. The van der Waals surface area contributed by atoms with Crippen molar-refractivity contribution in [2.75, 3.05) is 0 Å². The Labute approximate surface area is 159 Å². The number of ketones is 1. The molecule has 0 saturated heterocycles. The number of pyridine rings is 1. The number of nitrogens with zero attached hydrogens (tertiary/aromatic N) is 6. The normalized spacial score (nSPS) is 12.6. The molecule has 1 atom stereocenters. The second-order valence-electron chi connectivity index (χ2n) is 7.24. The van der Waals surface area contributed by atoms with Crippen LogP contribution in [0.2, 0.25) is 0 Å². The smallest absolute Gasteiger partial charge is 0.163 e. The zero-order valence-electron chi connectivity index (χ0n) is 16.8. The number of aryl methyl sites for hydroxylation is 1. The van der Waals surface area contributed by atoms with Crippen molar-refractivity contribution in [3.63, 3.8) is 0 Å². The van der Waals surface area contributed by atoms with Crippen LogP contribution < -0.4 is 0 Å². The van der Waals surface area contributed by atoms with Crippen LogP contribution in [0.15, 0.2) is 24.4 Å². The number of hydrogen-bond acceptors (Lipinski definition) is 5. The first-order chi connectivity index (χ1) is 12.8. The molecule has 0 spiro atoms. The molecule has 0 bridgehead atoms. The van der Waals surface area contributed by atoms with Crippen LogP contribution in [0.5, 0.6) is 0 Å². The van der Waals surface area contributed by atoms with Crippen molar-refractivity contribution >= 4 is 5.78 Å². The highest BCUT2D eigenvalue weighted by atomic mass is 16.1. The zero-order valence-corrected chi connectivity index (χ0v) is 16.8. The largest absolute Gasteiger partial charge is 0.294 e. The Morgan fingerprint density at radius 3 is 2.44 bits per heavy atom. The van der Waals surface area contributed by atoms with Gasteiger partial charge in [-0.3, -0.25) is 9.48 Å². The molecule has 7 heteroatoms. The second-order valence-corrected chi connectivity index (χ2v) is 7.24. The van der Waals surface area contributed by atoms with Crippen LogP contribution in [0.3, 0.4) is 0 Å². The number of rotatable bonds is 6. The number of Topliss-reactive ketones (excluding diaryl/α,β-unsaturated/α-hetero) is 1. The minimum absolute atomic E-state index is 0.0310. The molecule has 0 N–H and O–H groups in total. The number of hydrogen-bond donors (Lipinski definition) is 0. The fourth-order valence-corrected chi connectivity index (χ4v) is 3.35. The van der Waals surface area contributed by atoms with Crippen LogP contribution in [0.4, 0.5) is 0 Å². The van der Waals surface area contributed by atoms with Gasteiger partial charge in [0.05, 0.1) is 17.3 Å². The number of carbonyl (C=O) groups is 1. The molecule has 0 fully saturated rings. The summed E-state index contributed by atoms with van der Waals surface area (Å²) in [5, 5.41) is 9.25. The number of aromatic nitrogens is 6. The molecular weight excluding hydrogens is 340 g/mol. The molecule has 0 saturated carbocycles. The molecule has 0 aliphatic heterocycles. The second kappa shape index (κ2) is 7.42. The van der Waals surface area contributed by atoms with Crippen LogP contribution in [-0.4, -0.2) is 35.3 Å². The van der Waals surface area contributed by atoms with E-state index in [9.17, 15) is 4.79 Å². The maximum Gasteiger partial charge on any atom is 0.163 e. The van der Waals surface area contributed by atoms with Crippen molar-refractivity contribution < 1.29 is 4.79 Å². The van der Waals surface area contributed by atoms with Crippen molar-refractivity contribution in [1.82, 2.24) is 29.5 Å². The summed E-state index contributed by atoms with van der Waals surface area (Å²) in [5.74, 6) is 2.64. The van der Waals surface area contributed by atoms with Crippen molar-refractivity contribution in [3.05, 3.63) is 53.0 Å². The summed E-state index contributed by atoms with van der Waals surface area (Å²) < 4.78 is 3.72. The number of carbonyl (C=O) groups excluding carboxylic acids is 1. The molecule has 0 radical (unpaired) electrons. The first kappa shape index (κ1) is 18.9.